The number of H-pyrrole nitrogens is 2. The van der Waals surface area contributed by atoms with Crippen LogP contribution in [0.3, 0.4) is 0 Å². The van der Waals surface area contributed by atoms with Crippen molar-refractivity contribution < 1.29 is 9.53 Å². The molecule has 0 atom stereocenters. The Balaban J connectivity index is 1.70. The predicted octanol–water partition coefficient (Wildman–Crippen LogP) is 1.86. The number of nitrogen functional groups attached to an aromatic ring is 1. The van der Waals surface area contributed by atoms with Gasteiger partial charge in [0.15, 0.2) is 11.5 Å². The second kappa shape index (κ2) is 6.16. The van der Waals surface area contributed by atoms with E-state index in [4.69, 9.17) is 10.5 Å². The molecule has 0 aliphatic heterocycles. The summed E-state index contributed by atoms with van der Waals surface area (Å²) >= 11 is 0. The van der Waals surface area contributed by atoms with Gasteiger partial charge in [-0.05, 0) is 24.3 Å². The number of aromatic amines is 2. The highest BCUT2D eigenvalue weighted by Gasteiger charge is 2.15. The molecule has 3 aromatic heterocycles. The summed E-state index contributed by atoms with van der Waals surface area (Å²) in [5, 5.41) is 10.1. The number of imidazole rings is 1. The summed E-state index contributed by atoms with van der Waals surface area (Å²) in [6.07, 6.45) is 3.24. The van der Waals surface area contributed by atoms with Crippen LogP contribution in [0.15, 0.2) is 36.7 Å². The quantitative estimate of drug-likeness (QED) is 0.408. The number of fused-ring (bicyclic) bond motifs is 1. The number of esters is 1. The minimum Gasteiger partial charge on any atom is -0.465 e. The second-order valence-corrected chi connectivity index (χ2v) is 5.38. The van der Waals surface area contributed by atoms with E-state index in [-0.39, 0.29) is 5.95 Å². The van der Waals surface area contributed by atoms with Gasteiger partial charge < -0.3 is 20.8 Å². The van der Waals surface area contributed by atoms with E-state index in [0.29, 0.717) is 34.1 Å². The van der Waals surface area contributed by atoms with Gasteiger partial charge in [0.25, 0.3) is 0 Å². The second-order valence-electron chi connectivity index (χ2n) is 5.38. The zero-order valence-electron chi connectivity index (χ0n) is 13.6. The molecule has 26 heavy (non-hydrogen) atoms. The number of methoxy groups -OCH3 is 1. The van der Waals surface area contributed by atoms with E-state index in [1.807, 2.05) is 0 Å². The molecule has 0 radical (unpaired) electrons. The largest absolute Gasteiger partial charge is 0.465 e. The van der Waals surface area contributed by atoms with E-state index in [1.165, 1.54) is 7.11 Å². The molecule has 10 heteroatoms. The molecule has 0 aliphatic rings. The summed E-state index contributed by atoms with van der Waals surface area (Å²) in [5.41, 5.74) is 8.65. The number of carbonyl (C=O) groups is 1. The first-order chi connectivity index (χ1) is 12.6. The minimum atomic E-state index is -0.417. The lowest BCUT2D eigenvalue weighted by Crippen LogP contribution is -2.00. The zero-order valence-corrected chi connectivity index (χ0v) is 13.6. The third-order valence-electron chi connectivity index (χ3n) is 3.71. The smallest absolute Gasteiger partial charge is 0.337 e. The van der Waals surface area contributed by atoms with Crippen LogP contribution in [0.1, 0.15) is 10.4 Å². The Morgan fingerprint density at radius 3 is 2.96 bits per heavy atom. The van der Waals surface area contributed by atoms with Gasteiger partial charge in [0.1, 0.15) is 5.82 Å². The van der Waals surface area contributed by atoms with Crippen molar-refractivity contribution in [3.05, 3.63) is 42.2 Å². The summed E-state index contributed by atoms with van der Waals surface area (Å²) in [6, 6.07) is 6.78. The fourth-order valence-electron chi connectivity index (χ4n) is 2.51. The molecule has 0 saturated carbocycles. The van der Waals surface area contributed by atoms with Crippen molar-refractivity contribution in [3.8, 4) is 11.5 Å². The number of rotatable bonds is 4. The number of aromatic nitrogens is 6. The molecule has 0 fully saturated rings. The highest BCUT2D eigenvalue weighted by Crippen LogP contribution is 2.27. The van der Waals surface area contributed by atoms with Crippen LogP contribution in [-0.2, 0) is 4.74 Å². The van der Waals surface area contributed by atoms with Crippen LogP contribution >= 0.6 is 0 Å². The van der Waals surface area contributed by atoms with Gasteiger partial charge >= 0.3 is 5.97 Å². The predicted molar refractivity (Wildman–Crippen MR) is 94.7 cm³/mol. The average molecular weight is 350 g/mol. The van der Waals surface area contributed by atoms with Gasteiger partial charge in [-0.25, -0.2) is 14.8 Å². The summed E-state index contributed by atoms with van der Waals surface area (Å²) in [5.74, 6) is 0.816. The SMILES string of the molecule is COC(=O)c1ccc2[nH]c(-c3n[nH]cc3Nc3ccnc(N)n3)nc2c1. The van der Waals surface area contributed by atoms with Crippen LogP contribution in [0.4, 0.5) is 17.5 Å². The third-order valence-corrected chi connectivity index (χ3v) is 3.71. The molecule has 1 aromatic carbocycles. The number of hydrogen-bond acceptors (Lipinski definition) is 8. The van der Waals surface area contributed by atoms with Gasteiger partial charge in [0.05, 0.1) is 29.4 Å². The molecular formula is C16H14N8O2. The van der Waals surface area contributed by atoms with Gasteiger partial charge in [-0.2, -0.15) is 10.1 Å². The Bertz CT molecular complexity index is 1100. The molecule has 0 unspecified atom stereocenters. The summed E-state index contributed by atoms with van der Waals surface area (Å²) in [4.78, 5) is 27.3. The molecule has 0 bridgehead atoms. The number of ether oxygens (including phenoxy) is 1. The van der Waals surface area contributed by atoms with Crippen LogP contribution in [0.5, 0.6) is 0 Å². The van der Waals surface area contributed by atoms with E-state index in [1.54, 1.807) is 36.7 Å². The monoisotopic (exact) mass is 350 g/mol. The van der Waals surface area contributed by atoms with Crippen LogP contribution in [-0.4, -0.2) is 43.2 Å². The van der Waals surface area contributed by atoms with E-state index in [9.17, 15) is 4.79 Å². The van der Waals surface area contributed by atoms with Crippen LogP contribution in [0.25, 0.3) is 22.6 Å². The fourth-order valence-corrected chi connectivity index (χ4v) is 2.51. The molecule has 5 N–H and O–H groups in total. The topological polar surface area (TPSA) is 147 Å². The highest BCUT2D eigenvalue weighted by atomic mass is 16.5. The van der Waals surface area contributed by atoms with Crippen LogP contribution < -0.4 is 11.1 Å². The van der Waals surface area contributed by atoms with E-state index < -0.39 is 5.97 Å². The van der Waals surface area contributed by atoms with Crippen molar-refractivity contribution in [1.29, 1.82) is 0 Å². The molecule has 0 spiro atoms. The Labute approximate surface area is 146 Å². The van der Waals surface area contributed by atoms with Crippen LogP contribution in [0.2, 0.25) is 0 Å². The molecule has 0 aliphatic carbocycles. The summed E-state index contributed by atoms with van der Waals surface area (Å²) < 4.78 is 4.73. The van der Waals surface area contributed by atoms with E-state index in [2.05, 4.69) is 35.5 Å². The van der Waals surface area contributed by atoms with Crippen molar-refractivity contribution in [3.63, 3.8) is 0 Å². The molecule has 4 rings (SSSR count). The first-order valence-corrected chi connectivity index (χ1v) is 7.62. The number of anilines is 3. The molecule has 10 nitrogen and oxygen atoms in total. The van der Waals surface area contributed by atoms with Crippen molar-refractivity contribution in [1.82, 2.24) is 30.1 Å². The maximum atomic E-state index is 11.7. The molecule has 0 amide bonds. The molecule has 0 saturated heterocycles. The zero-order chi connectivity index (χ0) is 18.1. The summed E-state index contributed by atoms with van der Waals surface area (Å²) in [7, 11) is 1.34. The lowest BCUT2D eigenvalue weighted by Gasteiger charge is -2.04. The Hall–Kier alpha value is -3.95. The molecule has 3 heterocycles. The fraction of sp³-hybridized carbons (Fsp3) is 0.0625. The normalized spacial score (nSPS) is 10.8. The van der Waals surface area contributed by atoms with Crippen molar-refractivity contribution in [2.24, 2.45) is 0 Å². The standard InChI is InChI=1S/C16H14N8O2/c1-26-15(25)8-2-3-9-10(6-8)22-14(21-9)13-11(7-19-24-13)20-12-4-5-18-16(17)23-12/h2-7H,1H3,(H,19,24)(H,21,22)(H3,17,18,20,23). The van der Waals surface area contributed by atoms with E-state index in [0.717, 1.165) is 5.52 Å². The Morgan fingerprint density at radius 1 is 1.27 bits per heavy atom. The third kappa shape index (κ3) is 2.79. The average Bonchev–Trinajstić information content (AvgIpc) is 3.26. The number of benzene rings is 1. The van der Waals surface area contributed by atoms with Gasteiger partial charge in [-0.15, -0.1) is 0 Å². The maximum absolute atomic E-state index is 11.7. The number of nitrogens with two attached hydrogens (primary N) is 1. The number of carbonyl (C=O) groups excluding carboxylic acids is 1. The number of hydrogen-bond donors (Lipinski definition) is 4. The van der Waals surface area contributed by atoms with Gasteiger partial charge in [0, 0.05) is 12.4 Å². The number of nitrogens with zero attached hydrogens (tertiary/aromatic N) is 4. The number of nitrogens with one attached hydrogen (secondary N) is 3. The molecule has 130 valence electrons. The lowest BCUT2D eigenvalue weighted by atomic mass is 10.2. The van der Waals surface area contributed by atoms with Crippen LogP contribution in [0, 0.1) is 0 Å². The Kier molecular flexibility index (Phi) is 3.69. The first kappa shape index (κ1) is 15.6. The Morgan fingerprint density at radius 2 is 2.15 bits per heavy atom. The van der Waals surface area contributed by atoms with Crippen molar-refractivity contribution in [2.75, 3.05) is 18.2 Å². The maximum Gasteiger partial charge on any atom is 0.337 e. The lowest BCUT2D eigenvalue weighted by molar-refractivity contribution is 0.0601. The summed E-state index contributed by atoms with van der Waals surface area (Å²) in [6.45, 7) is 0. The van der Waals surface area contributed by atoms with E-state index >= 15 is 0 Å². The van der Waals surface area contributed by atoms with Gasteiger partial charge in [-0.1, -0.05) is 0 Å². The van der Waals surface area contributed by atoms with Crippen molar-refractivity contribution >= 4 is 34.5 Å². The van der Waals surface area contributed by atoms with Crippen molar-refractivity contribution in [2.45, 2.75) is 0 Å². The minimum absolute atomic E-state index is 0.166. The van der Waals surface area contributed by atoms with Gasteiger partial charge in [0.2, 0.25) is 5.95 Å². The molecule has 4 aromatic rings. The van der Waals surface area contributed by atoms with Gasteiger partial charge in [-0.3, -0.25) is 5.10 Å². The first-order valence-electron chi connectivity index (χ1n) is 7.62. The molecular weight excluding hydrogens is 336 g/mol. The highest BCUT2D eigenvalue weighted by molar-refractivity contribution is 5.94.